The molecule has 0 spiro atoms. The topological polar surface area (TPSA) is 70.6 Å². The summed E-state index contributed by atoms with van der Waals surface area (Å²) >= 11 is 0. The van der Waals surface area contributed by atoms with E-state index in [1.807, 2.05) is 26.8 Å². The number of ether oxygens (including phenoxy) is 1. The molecule has 22 heavy (non-hydrogen) atoms. The number of aromatic nitrogens is 2. The lowest BCUT2D eigenvalue weighted by molar-refractivity contribution is -0.126. The summed E-state index contributed by atoms with van der Waals surface area (Å²) in [7, 11) is 1.60. The van der Waals surface area contributed by atoms with Gasteiger partial charge in [0.05, 0.1) is 13.2 Å². The van der Waals surface area contributed by atoms with Crippen LogP contribution in [-0.4, -0.2) is 66.1 Å². The normalized spacial score (nSPS) is 17.4. The summed E-state index contributed by atoms with van der Waals surface area (Å²) < 4.78 is 5.13. The van der Waals surface area contributed by atoms with Crippen LogP contribution in [0.4, 0.5) is 5.82 Å². The van der Waals surface area contributed by atoms with Crippen molar-refractivity contribution in [2.24, 2.45) is 0 Å². The van der Waals surface area contributed by atoms with Crippen molar-refractivity contribution < 1.29 is 9.53 Å². The molecular formula is C15H25N5O2. The molecule has 1 fully saturated rings. The monoisotopic (exact) mass is 307 g/mol. The van der Waals surface area contributed by atoms with Crippen molar-refractivity contribution in [2.45, 2.75) is 32.9 Å². The predicted octanol–water partition coefficient (Wildman–Crippen LogP) is 0.520. The van der Waals surface area contributed by atoms with E-state index in [1.165, 1.54) is 6.33 Å². The fourth-order valence-corrected chi connectivity index (χ4v) is 2.52. The Hall–Kier alpha value is -1.89. The van der Waals surface area contributed by atoms with E-state index in [2.05, 4.69) is 25.1 Å². The van der Waals surface area contributed by atoms with Crippen molar-refractivity contribution >= 4 is 11.7 Å². The summed E-state index contributed by atoms with van der Waals surface area (Å²) in [6.07, 6.45) is 1.51. The number of methoxy groups -OCH3 is 1. The van der Waals surface area contributed by atoms with E-state index in [1.54, 1.807) is 7.11 Å². The summed E-state index contributed by atoms with van der Waals surface area (Å²) in [4.78, 5) is 24.8. The first kappa shape index (κ1) is 16.5. The molecule has 0 bridgehead atoms. The maximum atomic E-state index is 12.1. The maximum Gasteiger partial charge on any atom is 0.237 e. The second-order valence-electron chi connectivity index (χ2n) is 5.78. The third-order valence-electron chi connectivity index (χ3n) is 3.83. The molecule has 7 heteroatoms. The Morgan fingerprint density at radius 1 is 1.23 bits per heavy atom. The average Bonchev–Trinajstić information content (AvgIpc) is 2.53. The van der Waals surface area contributed by atoms with Gasteiger partial charge in [0, 0.05) is 38.3 Å². The summed E-state index contributed by atoms with van der Waals surface area (Å²) in [6.45, 7) is 9.24. The number of hydrogen-bond donors (Lipinski definition) is 1. The van der Waals surface area contributed by atoms with Gasteiger partial charge in [0.2, 0.25) is 11.8 Å². The number of carbonyl (C=O) groups is 1. The van der Waals surface area contributed by atoms with Crippen LogP contribution in [0.25, 0.3) is 0 Å². The Bertz CT molecular complexity index is 500. The van der Waals surface area contributed by atoms with Crippen molar-refractivity contribution in [1.82, 2.24) is 20.2 Å². The van der Waals surface area contributed by atoms with Crippen molar-refractivity contribution in [1.29, 1.82) is 0 Å². The molecule has 1 amide bonds. The molecule has 2 heterocycles. The highest BCUT2D eigenvalue weighted by atomic mass is 16.5. The second-order valence-corrected chi connectivity index (χ2v) is 5.78. The molecule has 2 rings (SSSR count). The molecule has 7 nitrogen and oxygen atoms in total. The van der Waals surface area contributed by atoms with Gasteiger partial charge in [0.1, 0.15) is 12.1 Å². The Morgan fingerprint density at radius 2 is 1.91 bits per heavy atom. The van der Waals surface area contributed by atoms with Gasteiger partial charge < -0.3 is 15.0 Å². The average molecular weight is 307 g/mol. The van der Waals surface area contributed by atoms with Crippen molar-refractivity contribution in [3.8, 4) is 5.88 Å². The lowest BCUT2D eigenvalue weighted by atomic mass is 10.2. The standard InChI is InChI=1S/C15H25N5O2/c1-11(2)18-15(21)12(3)19-5-7-20(8-6-19)13-9-14(22-4)17-10-16-13/h9-12H,5-8H2,1-4H3,(H,18,21). The highest BCUT2D eigenvalue weighted by Gasteiger charge is 2.26. The van der Waals surface area contributed by atoms with Gasteiger partial charge in [0.15, 0.2) is 0 Å². The maximum absolute atomic E-state index is 12.1. The predicted molar refractivity (Wildman–Crippen MR) is 85.1 cm³/mol. The SMILES string of the molecule is COc1cc(N2CCN(C(C)C(=O)NC(C)C)CC2)ncn1. The molecule has 122 valence electrons. The van der Waals surface area contributed by atoms with Crippen molar-refractivity contribution in [3.05, 3.63) is 12.4 Å². The highest BCUT2D eigenvalue weighted by molar-refractivity contribution is 5.81. The minimum Gasteiger partial charge on any atom is -0.481 e. The first-order chi connectivity index (χ1) is 10.5. The molecule has 1 N–H and O–H groups in total. The molecule has 1 saturated heterocycles. The molecule has 0 radical (unpaired) electrons. The quantitative estimate of drug-likeness (QED) is 0.855. The van der Waals surface area contributed by atoms with Crippen LogP contribution >= 0.6 is 0 Å². The highest BCUT2D eigenvalue weighted by Crippen LogP contribution is 2.18. The van der Waals surface area contributed by atoms with Crippen LogP contribution in [0, 0.1) is 0 Å². The molecule has 0 aromatic carbocycles. The van der Waals surface area contributed by atoms with Gasteiger partial charge in [-0.05, 0) is 20.8 Å². The Kier molecular flexibility index (Phi) is 5.54. The lowest BCUT2D eigenvalue weighted by Gasteiger charge is -2.38. The summed E-state index contributed by atoms with van der Waals surface area (Å²) in [6, 6.07) is 1.90. The second kappa shape index (κ2) is 7.40. The van der Waals surface area contributed by atoms with E-state index >= 15 is 0 Å². The van der Waals surface area contributed by atoms with Gasteiger partial charge in [-0.3, -0.25) is 9.69 Å². The first-order valence-electron chi connectivity index (χ1n) is 7.66. The molecule has 1 atom stereocenters. The zero-order valence-electron chi connectivity index (χ0n) is 13.7. The summed E-state index contributed by atoms with van der Waals surface area (Å²) in [5, 5.41) is 2.97. The van der Waals surface area contributed by atoms with Gasteiger partial charge >= 0.3 is 0 Å². The van der Waals surface area contributed by atoms with E-state index in [0.717, 1.165) is 32.0 Å². The van der Waals surface area contributed by atoms with Crippen molar-refractivity contribution in [2.75, 3.05) is 38.2 Å². The molecule has 0 aliphatic carbocycles. The number of nitrogens with one attached hydrogen (secondary N) is 1. The largest absolute Gasteiger partial charge is 0.481 e. The van der Waals surface area contributed by atoms with Crippen LogP contribution in [0.2, 0.25) is 0 Å². The van der Waals surface area contributed by atoms with E-state index in [9.17, 15) is 4.79 Å². The fourth-order valence-electron chi connectivity index (χ4n) is 2.52. The van der Waals surface area contributed by atoms with E-state index in [4.69, 9.17) is 4.74 Å². The Balaban J connectivity index is 1.91. The number of carbonyl (C=O) groups excluding carboxylic acids is 1. The van der Waals surface area contributed by atoms with Crippen LogP contribution < -0.4 is 15.0 Å². The molecule has 1 aromatic heterocycles. The molecule has 1 aliphatic rings. The van der Waals surface area contributed by atoms with E-state index < -0.39 is 0 Å². The third kappa shape index (κ3) is 4.07. The number of amides is 1. The van der Waals surface area contributed by atoms with Crippen LogP contribution in [0.1, 0.15) is 20.8 Å². The molecule has 0 saturated carbocycles. The molecule has 1 unspecified atom stereocenters. The van der Waals surface area contributed by atoms with Gasteiger partial charge in [-0.1, -0.05) is 0 Å². The number of rotatable bonds is 5. The lowest BCUT2D eigenvalue weighted by Crippen LogP contribution is -2.54. The van der Waals surface area contributed by atoms with Gasteiger partial charge in [0.25, 0.3) is 0 Å². The molecule has 1 aromatic rings. The zero-order valence-corrected chi connectivity index (χ0v) is 13.7. The summed E-state index contributed by atoms with van der Waals surface area (Å²) in [5.74, 6) is 1.52. The third-order valence-corrected chi connectivity index (χ3v) is 3.83. The first-order valence-corrected chi connectivity index (χ1v) is 7.66. The number of piperazine rings is 1. The Labute approximate surface area is 131 Å². The van der Waals surface area contributed by atoms with E-state index in [0.29, 0.717) is 5.88 Å². The smallest absolute Gasteiger partial charge is 0.237 e. The van der Waals surface area contributed by atoms with Crippen LogP contribution in [0.3, 0.4) is 0 Å². The van der Waals surface area contributed by atoms with Gasteiger partial charge in [-0.25, -0.2) is 9.97 Å². The van der Waals surface area contributed by atoms with Gasteiger partial charge in [-0.2, -0.15) is 0 Å². The minimum atomic E-state index is -0.107. The zero-order chi connectivity index (χ0) is 16.1. The van der Waals surface area contributed by atoms with Crippen LogP contribution in [-0.2, 0) is 4.79 Å². The number of anilines is 1. The Morgan fingerprint density at radius 3 is 2.50 bits per heavy atom. The van der Waals surface area contributed by atoms with Gasteiger partial charge in [-0.15, -0.1) is 0 Å². The molecular weight excluding hydrogens is 282 g/mol. The van der Waals surface area contributed by atoms with E-state index in [-0.39, 0.29) is 18.0 Å². The van der Waals surface area contributed by atoms with Crippen LogP contribution in [0.15, 0.2) is 12.4 Å². The minimum absolute atomic E-state index is 0.0900. The van der Waals surface area contributed by atoms with Crippen molar-refractivity contribution in [3.63, 3.8) is 0 Å². The number of nitrogens with zero attached hydrogens (tertiary/aromatic N) is 4. The fraction of sp³-hybridized carbons (Fsp3) is 0.667. The number of hydrogen-bond acceptors (Lipinski definition) is 6. The molecule has 1 aliphatic heterocycles. The summed E-state index contributed by atoms with van der Waals surface area (Å²) in [5.41, 5.74) is 0. The van der Waals surface area contributed by atoms with Crippen LogP contribution in [0.5, 0.6) is 5.88 Å².